The van der Waals surface area contributed by atoms with Crippen LogP contribution in [-0.2, 0) is 32.6 Å². The van der Waals surface area contributed by atoms with Gasteiger partial charge in [-0.25, -0.2) is 8.42 Å². The van der Waals surface area contributed by atoms with Crippen LogP contribution in [0.15, 0.2) is 77.3 Å². The molecule has 2 amide bonds. The molecule has 0 bridgehead atoms. The Hall–Kier alpha value is -2.59. The molecule has 0 aliphatic heterocycles. The molecular weight excluding hydrogens is 637 g/mol. The van der Waals surface area contributed by atoms with Crippen molar-refractivity contribution in [3.8, 4) is 0 Å². The number of halogens is 3. The van der Waals surface area contributed by atoms with Crippen molar-refractivity contribution in [1.82, 2.24) is 10.2 Å². The van der Waals surface area contributed by atoms with Gasteiger partial charge in [-0.15, -0.1) is 0 Å². The maximum atomic E-state index is 14.1. The number of hydrogen-bond acceptors (Lipinski definition) is 4. The molecule has 0 aliphatic rings. The van der Waals surface area contributed by atoms with Crippen molar-refractivity contribution >= 4 is 66.7 Å². The molecule has 0 fully saturated rings. The third kappa shape index (κ3) is 8.96. The molecular formula is C29H32BrCl2N3O4S. The lowest BCUT2D eigenvalue weighted by Gasteiger charge is -2.34. The number of sulfonamides is 1. The minimum atomic E-state index is -3.86. The van der Waals surface area contributed by atoms with Gasteiger partial charge in [-0.2, -0.15) is 0 Å². The third-order valence-electron chi connectivity index (χ3n) is 6.40. The number of carbonyl (C=O) groups is 2. The summed E-state index contributed by atoms with van der Waals surface area (Å²) in [4.78, 5) is 29.2. The molecule has 0 aromatic heterocycles. The highest BCUT2D eigenvalue weighted by atomic mass is 79.9. The Bertz CT molecular complexity index is 1440. The second-order valence-corrected chi connectivity index (χ2v) is 13.2. The van der Waals surface area contributed by atoms with Crippen LogP contribution in [0, 0.1) is 0 Å². The van der Waals surface area contributed by atoms with Crippen LogP contribution in [0.5, 0.6) is 0 Å². The average molecular weight is 669 g/mol. The fraction of sp³-hybridized carbons (Fsp3) is 0.310. The van der Waals surface area contributed by atoms with Gasteiger partial charge in [0.15, 0.2) is 0 Å². The molecule has 214 valence electrons. The van der Waals surface area contributed by atoms with Gasteiger partial charge in [0, 0.05) is 33.5 Å². The minimum absolute atomic E-state index is 0.0314. The van der Waals surface area contributed by atoms with Crippen molar-refractivity contribution in [2.45, 2.75) is 45.3 Å². The van der Waals surface area contributed by atoms with Crippen LogP contribution in [0.1, 0.15) is 31.4 Å². The van der Waals surface area contributed by atoms with Crippen LogP contribution in [0.2, 0.25) is 10.0 Å². The summed E-state index contributed by atoms with van der Waals surface area (Å²) in [6, 6.07) is 19.9. The van der Waals surface area contributed by atoms with Crippen LogP contribution >= 0.6 is 39.1 Å². The molecule has 3 rings (SSSR count). The predicted octanol–water partition coefficient (Wildman–Crippen LogP) is 6.08. The second-order valence-electron chi connectivity index (χ2n) is 9.53. The molecule has 0 saturated heterocycles. The first-order valence-corrected chi connectivity index (χ1v) is 16.1. The Morgan fingerprint density at radius 3 is 2.30 bits per heavy atom. The summed E-state index contributed by atoms with van der Waals surface area (Å²) in [7, 11) is -3.86. The number of hydrogen-bond donors (Lipinski definition) is 1. The maximum absolute atomic E-state index is 14.1. The summed E-state index contributed by atoms with van der Waals surface area (Å²) in [5.74, 6) is -0.901. The van der Waals surface area contributed by atoms with Gasteiger partial charge in [0.1, 0.15) is 12.6 Å². The van der Waals surface area contributed by atoms with Gasteiger partial charge >= 0.3 is 0 Å². The van der Waals surface area contributed by atoms with E-state index in [1.54, 1.807) is 42.5 Å². The summed E-state index contributed by atoms with van der Waals surface area (Å²) < 4.78 is 27.4. The number of carbonyl (C=O) groups excluding carboxylic acids is 2. The van der Waals surface area contributed by atoms with E-state index in [0.29, 0.717) is 32.2 Å². The van der Waals surface area contributed by atoms with Gasteiger partial charge in [0.05, 0.1) is 11.9 Å². The minimum Gasteiger partial charge on any atom is -0.352 e. The number of nitrogens with zero attached hydrogens (tertiary/aromatic N) is 2. The van der Waals surface area contributed by atoms with Crippen molar-refractivity contribution in [1.29, 1.82) is 0 Å². The van der Waals surface area contributed by atoms with Crippen molar-refractivity contribution in [2.75, 3.05) is 17.1 Å². The zero-order valence-electron chi connectivity index (χ0n) is 22.5. The largest absolute Gasteiger partial charge is 0.352 e. The standard InChI is InChI=1S/C29H32BrCl2N3O4S/c1-4-20(2)33-29(37)27(15-21-9-6-5-7-10-21)34(18-22-13-14-24(31)17-26(22)32)28(36)19-35(40(3,38)39)25-12-8-11-23(30)16-25/h5-14,16-17,20,27H,4,15,18-19H2,1-3H3,(H,33,37)/t20-,27+/m0/s1. The maximum Gasteiger partial charge on any atom is 0.244 e. The van der Waals surface area contributed by atoms with E-state index in [1.165, 1.54) is 4.90 Å². The first-order chi connectivity index (χ1) is 18.9. The highest BCUT2D eigenvalue weighted by molar-refractivity contribution is 9.10. The number of benzene rings is 3. The molecule has 11 heteroatoms. The molecule has 0 unspecified atom stereocenters. The van der Waals surface area contributed by atoms with E-state index in [2.05, 4.69) is 21.2 Å². The van der Waals surface area contributed by atoms with Crippen LogP contribution in [0.4, 0.5) is 5.69 Å². The highest BCUT2D eigenvalue weighted by Crippen LogP contribution is 2.26. The average Bonchev–Trinajstić information content (AvgIpc) is 2.90. The van der Waals surface area contributed by atoms with Gasteiger partial charge in [-0.05, 0) is 54.8 Å². The first kappa shape index (κ1) is 31.9. The van der Waals surface area contributed by atoms with Crippen LogP contribution in [-0.4, -0.2) is 50.0 Å². The Morgan fingerprint density at radius 2 is 1.70 bits per heavy atom. The van der Waals surface area contributed by atoms with Gasteiger partial charge in [0.2, 0.25) is 21.8 Å². The fourth-order valence-corrected chi connectivity index (χ4v) is 5.77. The van der Waals surface area contributed by atoms with E-state index < -0.39 is 28.5 Å². The summed E-state index contributed by atoms with van der Waals surface area (Å²) in [5, 5.41) is 3.75. The molecule has 3 aromatic carbocycles. The van der Waals surface area contributed by atoms with Crippen molar-refractivity contribution < 1.29 is 18.0 Å². The lowest BCUT2D eigenvalue weighted by Crippen LogP contribution is -2.54. The number of nitrogens with one attached hydrogen (secondary N) is 1. The number of anilines is 1. The monoisotopic (exact) mass is 667 g/mol. The topological polar surface area (TPSA) is 86.8 Å². The summed E-state index contributed by atoms with van der Waals surface area (Å²) in [6.45, 7) is 3.30. The molecule has 0 saturated carbocycles. The molecule has 0 radical (unpaired) electrons. The Morgan fingerprint density at radius 1 is 1.00 bits per heavy atom. The molecule has 40 heavy (non-hydrogen) atoms. The van der Waals surface area contributed by atoms with Crippen LogP contribution in [0.3, 0.4) is 0 Å². The van der Waals surface area contributed by atoms with Crippen LogP contribution < -0.4 is 9.62 Å². The Balaban J connectivity index is 2.09. The number of rotatable bonds is 12. The second kappa shape index (κ2) is 14.3. The molecule has 1 N–H and O–H groups in total. The molecule has 0 spiro atoms. The summed E-state index contributed by atoms with van der Waals surface area (Å²) >= 11 is 16.0. The first-order valence-electron chi connectivity index (χ1n) is 12.7. The zero-order valence-corrected chi connectivity index (χ0v) is 26.4. The lowest BCUT2D eigenvalue weighted by atomic mass is 10.0. The van der Waals surface area contributed by atoms with Gasteiger partial charge in [-0.3, -0.25) is 13.9 Å². The van der Waals surface area contributed by atoms with E-state index in [0.717, 1.165) is 16.1 Å². The molecule has 7 nitrogen and oxygen atoms in total. The zero-order chi connectivity index (χ0) is 29.4. The summed E-state index contributed by atoms with van der Waals surface area (Å²) in [5.41, 5.74) is 1.74. The highest BCUT2D eigenvalue weighted by Gasteiger charge is 2.33. The van der Waals surface area contributed by atoms with E-state index in [9.17, 15) is 18.0 Å². The van der Waals surface area contributed by atoms with E-state index in [1.807, 2.05) is 44.2 Å². The molecule has 3 aromatic rings. The Labute approximate surface area is 254 Å². The molecule has 2 atom stereocenters. The van der Waals surface area contributed by atoms with E-state index >= 15 is 0 Å². The van der Waals surface area contributed by atoms with Gasteiger partial charge in [-0.1, -0.05) is 88.5 Å². The van der Waals surface area contributed by atoms with Crippen LogP contribution in [0.25, 0.3) is 0 Å². The molecule has 0 heterocycles. The quantitative estimate of drug-likeness (QED) is 0.254. The predicted molar refractivity (Wildman–Crippen MR) is 165 cm³/mol. The number of amides is 2. The summed E-state index contributed by atoms with van der Waals surface area (Å²) in [6.07, 6.45) is 1.96. The van der Waals surface area contributed by atoms with E-state index in [4.69, 9.17) is 23.2 Å². The Kier molecular flexibility index (Phi) is 11.5. The van der Waals surface area contributed by atoms with Gasteiger partial charge < -0.3 is 10.2 Å². The van der Waals surface area contributed by atoms with E-state index in [-0.39, 0.29) is 24.9 Å². The SMILES string of the molecule is CC[C@H](C)NC(=O)[C@@H](Cc1ccccc1)N(Cc1ccc(Cl)cc1Cl)C(=O)CN(c1cccc(Br)c1)S(C)(=O)=O. The van der Waals surface area contributed by atoms with Crippen molar-refractivity contribution in [3.63, 3.8) is 0 Å². The van der Waals surface area contributed by atoms with Gasteiger partial charge in [0.25, 0.3) is 0 Å². The smallest absolute Gasteiger partial charge is 0.244 e. The van der Waals surface area contributed by atoms with Crippen molar-refractivity contribution in [2.24, 2.45) is 0 Å². The lowest BCUT2D eigenvalue weighted by molar-refractivity contribution is -0.140. The van der Waals surface area contributed by atoms with Crippen molar-refractivity contribution in [3.05, 3.63) is 98.4 Å². The molecule has 0 aliphatic carbocycles. The third-order valence-corrected chi connectivity index (χ3v) is 8.62. The fourth-order valence-electron chi connectivity index (χ4n) is 4.07. The normalized spacial score (nSPS) is 12.8.